The molecule has 0 atom stereocenters. The van der Waals surface area contributed by atoms with Crippen molar-refractivity contribution >= 4 is 23.6 Å². The summed E-state index contributed by atoms with van der Waals surface area (Å²) in [5.41, 5.74) is 1.88. The Hall–Kier alpha value is -3.93. The van der Waals surface area contributed by atoms with Gasteiger partial charge in [-0.2, -0.15) is 0 Å². The Labute approximate surface area is 166 Å². The van der Waals surface area contributed by atoms with Gasteiger partial charge < -0.3 is 14.6 Å². The number of hydrogen-bond donors (Lipinski definition) is 0. The number of benzene rings is 3. The summed E-state index contributed by atoms with van der Waals surface area (Å²) in [5.74, 6) is -1.44. The average molecular weight is 388 g/mol. The number of hydrogen-bond acceptors (Lipinski definition) is 4. The van der Waals surface area contributed by atoms with E-state index in [1.54, 1.807) is 48.5 Å². The molecule has 0 spiro atoms. The van der Waals surface area contributed by atoms with Crippen LogP contribution in [0.15, 0.2) is 78.6 Å². The highest BCUT2D eigenvalue weighted by Crippen LogP contribution is 2.36. The molecule has 5 nitrogen and oxygen atoms in total. The predicted molar refractivity (Wildman–Crippen MR) is 103 cm³/mol. The van der Waals surface area contributed by atoms with Gasteiger partial charge in [0.25, 0.3) is 5.91 Å². The standard InChI is InChI=1S/C23H16FNO4/c24-18-5-3-4-16(12-18)14-25-19-6-1-2-7-20(19)29-21(22(25)26)13-15-8-10-17(11-9-15)23(27)28/h1-13H,14H2,(H,27,28)/p-1. The number of nitrogens with zero attached hydrogens (tertiary/aromatic N) is 1. The summed E-state index contributed by atoms with van der Waals surface area (Å²) in [7, 11) is 0. The fourth-order valence-electron chi connectivity index (χ4n) is 3.10. The number of ether oxygens (including phenoxy) is 1. The molecular weight excluding hydrogens is 373 g/mol. The maximum absolute atomic E-state index is 13.6. The van der Waals surface area contributed by atoms with Crippen molar-refractivity contribution in [2.75, 3.05) is 4.90 Å². The van der Waals surface area contributed by atoms with E-state index >= 15 is 0 Å². The van der Waals surface area contributed by atoms with E-state index < -0.39 is 5.97 Å². The molecule has 1 aliphatic heterocycles. The smallest absolute Gasteiger partial charge is 0.294 e. The molecule has 144 valence electrons. The van der Waals surface area contributed by atoms with E-state index in [0.717, 1.165) is 0 Å². The first-order valence-electron chi connectivity index (χ1n) is 8.87. The topological polar surface area (TPSA) is 69.7 Å². The van der Waals surface area contributed by atoms with Crippen molar-refractivity contribution in [3.05, 3.63) is 101 Å². The highest BCUT2D eigenvalue weighted by Gasteiger charge is 2.30. The first-order valence-corrected chi connectivity index (χ1v) is 8.87. The third-order valence-electron chi connectivity index (χ3n) is 4.51. The Morgan fingerprint density at radius 1 is 1.03 bits per heavy atom. The number of carbonyl (C=O) groups excluding carboxylic acids is 2. The van der Waals surface area contributed by atoms with E-state index in [0.29, 0.717) is 22.6 Å². The molecule has 0 aliphatic carbocycles. The predicted octanol–water partition coefficient (Wildman–Crippen LogP) is 3.16. The first kappa shape index (κ1) is 18.4. The maximum atomic E-state index is 13.6. The van der Waals surface area contributed by atoms with Crippen molar-refractivity contribution < 1.29 is 23.8 Å². The molecule has 0 N–H and O–H groups in total. The van der Waals surface area contributed by atoms with Crippen molar-refractivity contribution in [1.29, 1.82) is 0 Å². The van der Waals surface area contributed by atoms with E-state index in [1.165, 1.54) is 35.2 Å². The number of rotatable bonds is 4. The van der Waals surface area contributed by atoms with E-state index in [-0.39, 0.29) is 29.6 Å². The molecule has 0 fully saturated rings. The largest absolute Gasteiger partial charge is 0.545 e. The van der Waals surface area contributed by atoms with Crippen LogP contribution in [0.25, 0.3) is 6.08 Å². The monoisotopic (exact) mass is 388 g/mol. The maximum Gasteiger partial charge on any atom is 0.294 e. The summed E-state index contributed by atoms with van der Waals surface area (Å²) >= 11 is 0. The lowest BCUT2D eigenvalue weighted by Gasteiger charge is -2.30. The third kappa shape index (κ3) is 3.87. The van der Waals surface area contributed by atoms with Gasteiger partial charge in [-0.05, 0) is 47.0 Å². The van der Waals surface area contributed by atoms with Crippen LogP contribution in [0.1, 0.15) is 21.5 Å². The number of amides is 1. The highest BCUT2D eigenvalue weighted by atomic mass is 19.1. The van der Waals surface area contributed by atoms with Crippen LogP contribution in [0.5, 0.6) is 5.75 Å². The number of para-hydroxylation sites is 2. The molecule has 3 aromatic rings. The number of carboxylic acids is 1. The van der Waals surface area contributed by atoms with Crippen molar-refractivity contribution in [3.63, 3.8) is 0 Å². The van der Waals surface area contributed by atoms with Crippen LogP contribution in [0, 0.1) is 5.82 Å². The van der Waals surface area contributed by atoms with Crippen molar-refractivity contribution in [3.8, 4) is 5.75 Å². The number of fused-ring (bicyclic) bond motifs is 1. The molecule has 0 saturated carbocycles. The molecule has 1 amide bonds. The van der Waals surface area contributed by atoms with Gasteiger partial charge in [-0.25, -0.2) is 4.39 Å². The lowest BCUT2D eigenvalue weighted by Crippen LogP contribution is -2.36. The Morgan fingerprint density at radius 3 is 2.52 bits per heavy atom. The summed E-state index contributed by atoms with van der Waals surface area (Å²) in [6.45, 7) is 0.179. The lowest BCUT2D eigenvalue weighted by molar-refractivity contribution is -0.255. The van der Waals surface area contributed by atoms with E-state index in [2.05, 4.69) is 0 Å². The molecule has 0 unspecified atom stereocenters. The fraction of sp³-hybridized carbons (Fsp3) is 0.0435. The Balaban J connectivity index is 1.70. The summed E-state index contributed by atoms with van der Waals surface area (Å²) < 4.78 is 19.4. The molecule has 0 aromatic heterocycles. The summed E-state index contributed by atoms with van der Waals surface area (Å²) in [5, 5.41) is 10.9. The second kappa shape index (κ2) is 7.59. The van der Waals surface area contributed by atoms with Crippen molar-refractivity contribution in [2.24, 2.45) is 0 Å². The van der Waals surface area contributed by atoms with Gasteiger partial charge >= 0.3 is 0 Å². The Morgan fingerprint density at radius 2 is 1.79 bits per heavy atom. The Kier molecular flexibility index (Phi) is 4.83. The minimum absolute atomic E-state index is 0.0427. The van der Waals surface area contributed by atoms with Crippen LogP contribution in [0.2, 0.25) is 0 Å². The highest BCUT2D eigenvalue weighted by molar-refractivity contribution is 6.09. The van der Waals surface area contributed by atoms with Crippen molar-refractivity contribution in [2.45, 2.75) is 6.54 Å². The van der Waals surface area contributed by atoms with Crippen LogP contribution >= 0.6 is 0 Å². The number of carboxylic acid groups (broad SMARTS) is 1. The van der Waals surface area contributed by atoms with Gasteiger partial charge in [-0.15, -0.1) is 0 Å². The van der Waals surface area contributed by atoms with Gasteiger partial charge in [-0.3, -0.25) is 9.69 Å². The van der Waals surface area contributed by atoms with Gasteiger partial charge in [0.2, 0.25) is 0 Å². The fourth-order valence-corrected chi connectivity index (χ4v) is 3.10. The zero-order valence-corrected chi connectivity index (χ0v) is 15.2. The minimum Gasteiger partial charge on any atom is -0.545 e. The van der Waals surface area contributed by atoms with Gasteiger partial charge in [-0.1, -0.05) is 48.5 Å². The SMILES string of the molecule is O=C([O-])c1ccc(C=C2Oc3ccccc3N(Cc3cccc(F)c3)C2=O)cc1. The molecular formula is C23H15FNO4-. The summed E-state index contributed by atoms with van der Waals surface area (Å²) in [6.07, 6.45) is 1.54. The molecule has 4 rings (SSSR count). The summed E-state index contributed by atoms with van der Waals surface area (Å²) in [4.78, 5) is 25.5. The van der Waals surface area contributed by atoms with Crippen LogP contribution < -0.4 is 14.7 Å². The van der Waals surface area contributed by atoms with Gasteiger partial charge in [0.15, 0.2) is 11.5 Å². The van der Waals surface area contributed by atoms with E-state index in [1.807, 2.05) is 0 Å². The Bertz CT molecular complexity index is 1120. The minimum atomic E-state index is -1.27. The average Bonchev–Trinajstić information content (AvgIpc) is 2.71. The zero-order valence-electron chi connectivity index (χ0n) is 15.2. The van der Waals surface area contributed by atoms with Crippen LogP contribution in [-0.2, 0) is 11.3 Å². The van der Waals surface area contributed by atoms with E-state index in [9.17, 15) is 19.1 Å². The quantitative estimate of drug-likeness (QED) is 0.644. The lowest BCUT2D eigenvalue weighted by atomic mass is 10.1. The zero-order chi connectivity index (χ0) is 20.4. The molecule has 0 radical (unpaired) electrons. The second-order valence-corrected chi connectivity index (χ2v) is 6.51. The molecule has 1 aliphatic rings. The number of aromatic carboxylic acids is 1. The molecule has 0 saturated heterocycles. The summed E-state index contributed by atoms with van der Waals surface area (Å²) in [6, 6.07) is 19.1. The third-order valence-corrected chi connectivity index (χ3v) is 4.51. The number of halogens is 1. The van der Waals surface area contributed by atoms with Crippen molar-refractivity contribution in [1.82, 2.24) is 0 Å². The van der Waals surface area contributed by atoms with Gasteiger partial charge in [0, 0.05) is 0 Å². The van der Waals surface area contributed by atoms with Crippen LogP contribution in [-0.4, -0.2) is 11.9 Å². The number of anilines is 1. The van der Waals surface area contributed by atoms with Gasteiger partial charge in [0.1, 0.15) is 5.82 Å². The van der Waals surface area contributed by atoms with Crippen LogP contribution in [0.4, 0.5) is 10.1 Å². The van der Waals surface area contributed by atoms with E-state index in [4.69, 9.17) is 4.74 Å². The first-order chi connectivity index (χ1) is 14.0. The molecule has 29 heavy (non-hydrogen) atoms. The molecule has 6 heteroatoms. The molecule has 3 aromatic carbocycles. The second-order valence-electron chi connectivity index (χ2n) is 6.51. The molecule has 0 bridgehead atoms. The van der Waals surface area contributed by atoms with Gasteiger partial charge in [0.05, 0.1) is 18.2 Å². The molecule has 1 heterocycles. The number of carbonyl (C=O) groups is 2. The van der Waals surface area contributed by atoms with Crippen LogP contribution in [0.3, 0.4) is 0 Å². The normalized spacial score (nSPS) is 14.4.